The van der Waals surface area contributed by atoms with E-state index in [1.807, 2.05) is 24.3 Å². The highest BCUT2D eigenvalue weighted by Gasteiger charge is 2.31. The molecule has 0 bridgehead atoms. The van der Waals surface area contributed by atoms with Gasteiger partial charge in [-0.2, -0.15) is 5.10 Å². The van der Waals surface area contributed by atoms with Gasteiger partial charge >= 0.3 is 6.36 Å². The Hall–Kier alpha value is -3.73. The van der Waals surface area contributed by atoms with Crippen LogP contribution in [0, 0.1) is 0 Å². The number of hydrogen-bond donors (Lipinski definition) is 2. The number of benzene rings is 2. The van der Waals surface area contributed by atoms with Gasteiger partial charge in [0.1, 0.15) is 12.1 Å². The van der Waals surface area contributed by atoms with E-state index in [1.165, 1.54) is 66.5 Å². The number of nitrogens with zero attached hydrogens (tertiary/aromatic N) is 4. The van der Waals surface area contributed by atoms with E-state index >= 15 is 0 Å². The molecule has 0 fully saturated rings. The van der Waals surface area contributed by atoms with Crippen LogP contribution in [0.2, 0.25) is 0 Å². The zero-order chi connectivity index (χ0) is 25.4. The number of halogens is 3. The van der Waals surface area contributed by atoms with E-state index in [9.17, 15) is 13.2 Å². The van der Waals surface area contributed by atoms with Crippen molar-refractivity contribution in [2.45, 2.75) is 38.5 Å². The van der Waals surface area contributed by atoms with E-state index in [4.69, 9.17) is 12.2 Å². The van der Waals surface area contributed by atoms with Crippen LogP contribution < -0.4 is 15.5 Å². The summed E-state index contributed by atoms with van der Waals surface area (Å²) in [6.07, 6.45) is 6.67. The summed E-state index contributed by atoms with van der Waals surface area (Å²) in [6.45, 7) is 0.785. The summed E-state index contributed by atoms with van der Waals surface area (Å²) in [7, 11) is 0. The van der Waals surface area contributed by atoms with Crippen molar-refractivity contribution in [3.63, 3.8) is 0 Å². The Kier molecular flexibility index (Phi) is 8.32. The Morgan fingerprint density at radius 2 is 1.89 bits per heavy atom. The number of ether oxygens (including phenoxy) is 1. The summed E-state index contributed by atoms with van der Waals surface area (Å²) in [5.74, 6) is 0.178. The standard InChI is InChI=1S/C25H25F3N6OS/c26-25(27,28)35-22-12-10-21(11-13-22)34-17-30-23(33-34)20-8-6-19(7-9-20)16-31-32-24(36)29-15-14-18-4-2-1-3-5-18/h4,6-13,16-17H,1-3,5,14-15H2,(H2,29,32,36)/b31-16+. The van der Waals surface area contributed by atoms with Crippen molar-refractivity contribution in [2.24, 2.45) is 5.10 Å². The number of thiocarbonyl (C=S) groups is 1. The summed E-state index contributed by atoms with van der Waals surface area (Å²) < 4.78 is 42.3. The minimum absolute atomic E-state index is 0.299. The third-order valence-electron chi connectivity index (χ3n) is 5.49. The largest absolute Gasteiger partial charge is 0.573 e. The Balaban J connectivity index is 1.27. The SMILES string of the molecule is FC(F)(F)Oc1ccc(-n2cnc(-c3ccc(/C=N/NC(=S)NCCC4=CCCCC4)cc3)n2)cc1. The van der Waals surface area contributed by atoms with Crippen LogP contribution >= 0.6 is 12.2 Å². The maximum atomic E-state index is 12.3. The highest BCUT2D eigenvalue weighted by molar-refractivity contribution is 7.80. The summed E-state index contributed by atoms with van der Waals surface area (Å²) in [5.41, 5.74) is 6.52. The first-order valence-electron chi connectivity index (χ1n) is 11.5. The summed E-state index contributed by atoms with van der Waals surface area (Å²) in [5, 5.41) is 12.2. The fraction of sp³-hybridized carbons (Fsp3) is 0.280. The average molecular weight is 515 g/mol. The van der Waals surface area contributed by atoms with Gasteiger partial charge in [0.2, 0.25) is 0 Å². The van der Waals surface area contributed by atoms with Gasteiger partial charge in [-0.3, -0.25) is 5.43 Å². The molecule has 3 aromatic rings. The predicted molar refractivity (Wildman–Crippen MR) is 136 cm³/mol. The molecule has 0 unspecified atom stereocenters. The van der Waals surface area contributed by atoms with Crippen molar-refractivity contribution >= 4 is 23.5 Å². The molecule has 1 aliphatic rings. The first-order valence-corrected chi connectivity index (χ1v) is 11.9. The lowest BCUT2D eigenvalue weighted by atomic mass is 9.97. The van der Waals surface area contributed by atoms with Crippen molar-refractivity contribution < 1.29 is 17.9 Å². The summed E-state index contributed by atoms with van der Waals surface area (Å²) in [4.78, 5) is 4.29. The Labute approximate surface area is 212 Å². The fourth-order valence-corrected chi connectivity index (χ4v) is 3.87. The molecule has 188 valence electrons. The quantitative estimate of drug-likeness (QED) is 0.178. The van der Waals surface area contributed by atoms with Gasteiger partial charge in [-0.15, -0.1) is 18.3 Å². The lowest BCUT2D eigenvalue weighted by Crippen LogP contribution is -2.32. The number of alkyl halides is 3. The van der Waals surface area contributed by atoms with Crippen LogP contribution in [-0.2, 0) is 0 Å². The van der Waals surface area contributed by atoms with Gasteiger partial charge < -0.3 is 10.1 Å². The molecule has 0 saturated heterocycles. The summed E-state index contributed by atoms with van der Waals surface area (Å²) >= 11 is 5.26. The first-order chi connectivity index (χ1) is 17.4. The zero-order valence-corrected chi connectivity index (χ0v) is 20.1. The van der Waals surface area contributed by atoms with Crippen molar-refractivity contribution in [3.05, 3.63) is 72.1 Å². The van der Waals surface area contributed by atoms with Crippen molar-refractivity contribution in [2.75, 3.05) is 6.54 Å². The summed E-state index contributed by atoms with van der Waals surface area (Å²) in [6, 6.07) is 12.8. The van der Waals surface area contributed by atoms with Crippen LogP contribution in [0.15, 0.2) is 71.6 Å². The number of allylic oxidation sites excluding steroid dienone is 1. The van der Waals surface area contributed by atoms with Gasteiger partial charge in [0.15, 0.2) is 10.9 Å². The molecule has 36 heavy (non-hydrogen) atoms. The number of aromatic nitrogens is 3. The van der Waals surface area contributed by atoms with Gasteiger partial charge in [-0.05, 0) is 74.2 Å². The molecule has 2 aromatic carbocycles. The molecule has 0 radical (unpaired) electrons. The van der Waals surface area contributed by atoms with Crippen molar-refractivity contribution in [1.82, 2.24) is 25.5 Å². The molecule has 4 rings (SSSR count). The average Bonchev–Trinajstić information content (AvgIpc) is 3.35. The number of rotatable bonds is 8. The highest BCUT2D eigenvalue weighted by Crippen LogP contribution is 2.24. The van der Waals surface area contributed by atoms with E-state index in [0.717, 1.165) is 24.1 Å². The Bertz CT molecular complexity index is 1220. The second kappa shape index (κ2) is 11.8. The molecule has 0 spiro atoms. The lowest BCUT2D eigenvalue weighted by Gasteiger charge is -2.13. The van der Waals surface area contributed by atoms with Crippen molar-refractivity contribution in [3.8, 4) is 22.8 Å². The molecule has 2 N–H and O–H groups in total. The van der Waals surface area contributed by atoms with Crippen LogP contribution in [0.25, 0.3) is 17.1 Å². The molecule has 0 amide bonds. The molecule has 1 aromatic heterocycles. The molecule has 0 saturated carbocycles. The maximum Gasteiger partial charge on any atom is 0.573 e. The van der Waals surface area contributed by atoms with Gasteiger partial charge in [0.05, 0.1) is 11.9 Å². The smallest absolute Gasteiger partial charge is 0.406 e. The molecule has 1 heterocycles. The van der Waals surface area contributed by atoms with E-state index in [2.05, 4.69) is 36.7 Å². The molecular weight excluding hydrogens is 489 g/mol. The monoisotopic (exact) mass is 514 g/mol. The predicted octanol–water partition coefficient (Wildman–Crippen LogP) is 5.52. The van der Waals surface area contributed by atoms with Gasteiger partial charge in [0, 0.05) is 12.1 Å². The van der Waals surface area contributed by atoms with E-state index in [0.29, 0.717) is 16.6 Å². The van der Waals surface area contributed by atoms with Gasteiger partial charge in [-0.25, -0.2) is 9.67 Å². The number of hydrogen-bond acceptors (Lipinski definition) is 5. The number of hydrazone groups is 1. The lowest BCUT2D eigenvalue weighted by molar-refractivity contribution is -0.274. The van der Waals surface area contributed by atoms with E-state index in [1.54, 1.807) is 6.21 Å². The molecule has 7 nitrogen and oxygen atoms in total. The second-order valence-corrected chi connectivity index (χ2v) is 8.57. The fourth-order valence-electron chi connectivity index (χ4n) is 3.71. The second-order valence-electron chi connectivity index (χ2n) is 8.16. The maximum absolute atomic E-state index is 12.3. The molecular formula is C25H25F3N6OS. The first kappa shape index (κ1) is 25.4. The minimum atomic E-state index is -4.73. The Morgan fingerprint density at radius 3 is 2.58 bits per heavy atom. The van der Waals surface area contributed by atoms with Crippen LogP contribution in [0.3, 0.4) is 0 Å². The normalized spacial score (nSPS) is 13.9. The van der Waals surface area contributed by atoms with Crippen LogP contribution in [0.1, 0.15) is 37.7 Å². The third-order valence-corrected chi connectivity index (χ3v) is 5.73. The number of nitrogens with one attached hydrogen (secondary N) is 2. The van der Waals surface area contributed by atoms with Crippen LogP contribution in [-0.4, -0.2) is 39.0 Å². The Morgan fingerprint density at radius 1 is 1.11 bits per heavy atom. The van der Waals surface area contributed by atoms with Crippen LogP contribution in [0.4, 0.5) is 13.2 Å². The highest BCUT2D eigenvalue weighted by atomic mass is 32.1. The third kappa shape index (κ3) is 7.64. The molecule has 0 aliphatic heterocycles. The van der Waals surface area contributed by atoms with Crippen molar-refractivity contribution in [1.29, 1.82) is 0 Å². The minimum Gasteiger partial charge on any atom is -0.406 e. The van der Waals surface area contributed by atoms with E-state index < -0.39 is 6.36 Å². The molecule has 11 heteroatoms. The van der Waals surface area contributed by atoms with Gasteiger partial charge in [-0.1, -0.05) is 35.9 Å². The molecule has 1 aliphatic carbocycles. The van der Waals surface area contributed by atoms with E-state index in [-0.39, 0.29) is 5.75 Å². The van der Waals surface area contributed by atoms with Gasteiger partial charge in [0.25, 0.3) is 0 Å². The molecule has 0 atom stereocenters. The topological polar surface area (TPSA) is 76.4 Å². The van der Waals surface area contributed by atoms with Crippen LogP contribution in [0.5, 0.6) is 5.75 Å². The zero-order valence-electron chi connectivity index (χ0n) is 19.3.